The number of fused-ring (bicyclic) bond motifs is 1. The molecule has 2 aromatic rings. The summed E-state index contributed by atoms with van der Waals surface area (Å²) in [5, 5.41) is 3.63. The van der Waals surface area contributed by atoms with Crippen molar-refractivity contribution in [3.63, 3.8) is 0 Å². The molecule has 0 aliphatic carbocycles. The summed E-state index contributed by atoms with van der Waals surface area (Å²) in [6.45, 7) is 2.39. The fourth-order valence-electron chi connectivity index (χ4n) is 3.86. The predicted octanol–water partition coefficient (Wildman–Crippen LogP) is 3.45. The molecule has 1 saturated heterocycles. The maximum absolute atomic E-state index is 12.9. The first-order valence-corrected chi connectivity index (χ1v) is 10.0. The number of ether oxygens (including phenoxy) is 1. The summed E-state index contributed by atoms with van der Waals surface area (Å²) in [6.07, 6.45) is 2.84. The minimum absolute atomic E-state index is 0.0750. The first-order valence-electron chi connectivity index (χ1n) is 9.67. The molecule has 1 atom stereocenters. The molecule has 5 nitrogen and oxygen atoms in total. The van der Waals surface area contributed by atoms with Crippen LogP contribution in [0.3, 0.4) is 0 Å². The molecule has 0 unspecified atom stereocenters. The Bertz CT molecular complexity index is 876. The Morgan fingerprint density at radius 1 is 1.21 bits per heavy atom. The van der Waals surface area contributed by atoms with Gasteiger partial charge >= 0.3 is 0 Å². The van der Waals surface area contributed by atoms with Gasteiger partial charge in [0.1, 0.15) is 0 Å². The quantitative estimate of drug-likeness (QED) is 0.810. The van der Waals surface area contributed by atoms with Crippen molar-refractivity contribution in [1.82, 2.24) is 10.2 Å². The molecule has 4 rings (SSSR count). The Morgan fingerprint density at radius 2 is 2.04 bits per heavy atom. The van der Waals surface area contributed by atoms with Crippen LogP contribution in [0.2, 0.25) is 5.02 Å². The van der Waals surface area contributed by atoms with Gasteiger partial charge in [-0.05, 0) is 48.6 Å². The summed E-state index contributed by atoms with van der Waals surface area (Å²) in [5.41, 5.74) is 2.99. The van der Waals surface area contributed by atoms with E-state index in [0.717, 1.165) is 30.6 Å². The molecule has 6 heteroatoms. The third kappa shape index (κ3) is 4.05. The van der Waals surface area contributed by atoms with Crippen LogP contribution < -0.4 is 5.32 Å². The van der Waals surface area contributed by atoms with Gasteiger partial charge in [0, 0.05) is 31.3 Å². The zero-order valence-corrected chi connectivity index (χ0v) is 16.4. The molecular weight excluding hydrogens is 376 g/mol. The normalized spacial score (nSPS) is 18.4. The van der Waals surface area contributed by atoms with Gasteiger partial charge in [-0.25, -0.2) is 0 Å². The van der Waals surface area contributed by atoms with Crippen LogP contribution in [0.1, 0.15) is 44.7 Å². The molecule has 0 saturated carbocycles. The van der Waals surface area contributed by atoms with E-state index in [0.29, 0.717) is 42.2 Å². The number of amides is 2. The molecule has 1 N–H and O–H groups in total. The van der Waals surface area contributed by atoms with E-state index < -0.39 is 0 Å². The van der Waals surface area contributed by atoms with Gasteiger partial charge in [-0.15, -0.1) is 0 Å². The van der Waals surface area contributed by atoms with Crippen molar-refractivity contribution in [2.75, 3.05) is 19.7 Å². The minimum atomic E-state index is -0.210. The number of benzene rings is 2. The lowest BCUT2D eigenvalue weighted by Gasteiger charge is -2.19. The second kappa shape index (κ2) is 8.33. The fourth-order valence-corrected chi connectivity index (χ4v) is 3.98. The number of nitrogens with one attached hydrogen (secondary N) is 1. The second-order valence-corrected chi connectivity index (χ2v) is 7.73. The van der Waals surface area contributed by atoms with Crippen LogP contribution in [0.4, 0.5) is 0 Å². The Hall–Kier alpha value is -2.37. The van der Waals surface area contributed by atoms with E-state index in [4.69, 9.17) is 16.3 Å². The zero-order valence-electron chi connectivity index (χ0n) is 15.6. The SMILES string of the molecule is O=C(NCCc1ccc(Cl)cc1)c1cccc2c1C(=O)N(C[C@@H]1CCCO1)C2. The van der Waals surface area contributed by atoms with Gasteiger partial charge in [0.15, 0.2) is 0 Å². The highest BCUT2D eigenvalue weighted by atomic mass is 35.5. The summed E-state index contributed by atoms with van der Waals surface area (Å²) in [4.78, 5) is 27.4. The van der Waals surface area contributed by atoms with Crippen molar-refractivity contribution in [2.24, 2.45) is 0 Å². The topological polar surface area (TPSA) is 58.6 Å². The number of hydrogen-bond acceptors (Lipinski definition) is 3. The van der Waals surface area contributed by atoms with E-state index in [1.54, 1.807) is 11.0 Å². The third-order valence-electron chi connectivity index (χ3n) is 5.32. The summed E-state index contributed by atoms with van der Waals surface area (Å²) in [6, 6.07) is 13.1. The average Bonchev–Trinajstić information content (AvgIpc) is 3.32. The van der Waals surface area contributed by atoms with Crippen molar-refractivity contribution in [3.8, 4) is 0 Å². The molecule has 0 aromatic heterocycles. The Morgan fingerprint density at radius 3 is 2.79 bits per heavy atom. The summed E-state index contributed by atoms with van der Waals surface area (Å²) >= 11 is 5.90. The van der Waals surface area contributed by atoms with Gasteiger partial charge in [-0.2, -0.15) is 0 Å². The van der Waals surface area contributed by atoms with E-state index in [2.05, 4.69) is 5.32 Å². The minimum Gasteiger partial charge on any atom is -0.376 e. The van der Waals surface area contributed by atoms with Crippen LogP contribution in [0, 0.1) is 0 Å². The van der Waals surface area contributed by atoms with Crippen LogP contribution in [0.25, 0.3) is 0 Å². The monoisotopic (exact) mass is 398 g/mol. The summed E-state index contributed by atoms with van der Waals surface area (Å²) in [5.74, 6) is -0.285. The van der Waals surface area contributed by atoms with Crippen molar-refractivity contribution in [1.29, 1.82) is 0 Å². The van der Waals surface area contributed by atoms with Gasteiger partial charge in [0.25, 0.3) is 11.8 Å². The molecule has 2 amide bonds. The van der Waals surface area contributed by atoms with E-state index in [1.807, 2.05) is 36.4 Å². The van der Waals surface area contributed by atoms with E-state index in [-0.39, 0.29) is 17.9 Å². The van der Waals surface area contributed by atoms with Crippen LogP contribution in [-0.4, -0.2) is 42.5 Å². The van der Waals surface area contributed by atoms with Crippen molar-refractivity contribution >= 4 is 23.4 Å². The number of carbonyl (C=O) groups is 2. The number of halogens is 1. The first kappa shape index (κ1) is 19.0. The van der Waals surface area contributed by atoms with Crippen LogP contribution in [0.15, 0.2) is 42.5 Å². The number of hydrogen-bond donors (Lipinski definition) is 1. The highest BCUT2D eigenvalue weighted by Crippen LogP contribution is 2.27. The van der Waals surface area contributed by atoms with E-state index in [9.17, 15) is 9.59 Å². The zero-order chi connectivity index (χ0) is 19.5. The van der Waals surface area contributed by atoms with Crippen molar-refractivity contribution in [3.05, 3.63) is 69.7 Å². The molecule has 2 aliphatic heterocycles. The van der Waals surface area contributed by atoms with Gasteiger partial charge in [0.2, 0.25) is 0 Å². The lowest BCUT2D eigenvalue weighted by atomic mass is 10.0. The van der Waals surface area contributed by atoms with Crippen LogP contribution in [0.5, 0.6) is 0 Å². The van der Waals surface area contributed by atoms with E-state index >= 15 is 0 Å². The molecular formula is C22H23ClN2O3. The standard InChI is InChI=1S/C22H23ClN2O3/c23-17-8-6-15(7-9-17)10-11-24-21(26)19-5-1-3-16-13-25(22(27)20(16)19)14-18-4-2-12-28-18/h1,3,5-9,18H,2,4,10-14H2,(H,24,26)/t18-/m0/s1. The number of rotatable bonds is 6. The van der Waals surface area contributed by atoms with Crippen molar-refractivity contribution < 1.29 is 14.3 Å². The van der Waals surface area contributed by atoms with E-state index in [1.165, 1.54) is 0 Å². The molecule has 28 heavy (non-hydrogen) atoms. The molecule has 2 heterocycles. The average molecular weight is 399 g/mol. The molecule has 0 radical (unpaired) electrons. The lowest BCUT2D eigenvalue weighted by molar-refractivity contribution is 0.0544. The molecule has 0 spiro atoms. The predicted molar refractivity (Wildman–Crippen MR) is 108 cm³/mol. The Balaban J connectivity index is 1.40. The summed E-state index contributed by atoms with van der Waals surface area (Å²) in [7, 11) is 0. The van der Waals surface area contributed by atoms with Crippen LogP contribution in [-0.2, 0) is 17.7 Å². The van der Waals surface area contributed by atoms with Crippen LogP contribution >= 0.6 is 11.6 Å². The smallest absolute Gasteiger partial charge is 0.255 e. The molecule has 1 fully saturated rings. The maximum atomic E-state index is 12.9. The number of carbonyl (C=O) groups excluding carboxylic acids is 2. The fraction of sp³-hybridized carbons (Fsp3) is 0.364. The maximum Gasteiger partial charge on any atom is 0.255 e. The van der Waals surface area contributed by atoms with Gasteiger partial charge in [-0.3, -0.25) is 9.59 Å². The number of nitrogens with zero attached hydrogens (tertiary/aromatic N) is 1. The molecule has 2 aliphatic rings. The Kier molecular flexibility index (Phi) is 5.64. The largest absolute Gasteiger partial charge is 0.376 e. The molecule has 0 bridgehead atoms. The molecule has 2 aromatic carbocycles. The summed E-state index contributed by atoms with van der Waals surface area (Å²) < 4.78 is 5.66. The highest BCUT2D eigenvalue weighted by Gasteiger charge is 2.33. The van der Waals surface area contributed by atoms with Gasteiger partial charge < -0.3 is 15.0 Å². The second-order valence-electron chi connectivity index (χ2n) is 7.29. The molecule has 146 valence electrons. The van der Waals surface area contributed by atoms with Gasteiger partial charge in [0.05, 0.1) is 17.2 Å². The highest BCUT2D eigenvalue weighted by molar-refractivity contribution is 6.30. The van der Waals surface area contributed by atoms with Gasteiger partial charge in [-0.1, -0.05) is 35.9 Å². The first-order chi connectivity index (χ1) is 13.6. The lowest BCUT2D eigenvalue weighted by Crippen LogP contribution is -2.33. The third-order valence-corrected chi connectivity index (χ3v) is 5.57. The van der Waals surface area contributed by atoms with Crippen molar-refractivity contribution in [2.45, 2.75) is 31.9 Å². The Labute approximate surface area is 169 Å².